The van der Waals surface area contributed by atoms with Crippen LogP contribution in [0.15, 0.2) is 28.7 Å². The smallest absolute Gasteiger partial charge is 0.315 e. The van der Waals surface area contributed by atoms with Crippen LogP contribution in [0.2, 0.25) is 0 Å². The molecule has 0 radical (unpaired) electrons. The number of aryl methyl sites for hydroxylation is 1. The van der Waals surface area contributed by atoms with Crippen molar-refractivity contribution in [2.45, 2.75) is 52.7 Å². The molecule has 2 rings (SSSR count). The average molecular weight is 288 g/mol. The van der Waals surface area contributed by atoms with Gasteiger partial charge in [0.15, 0.2) is 0 Å². The highest BCUT2D eigenvalue weighted by molar-refractivity contribution is 5.30. The number of nitrogens with zero attached hydrogens (tertiary/aromatic N) is 2. The average Bonchev–Trinajstić information content (AvgIpc) is 2.84. The topological polar surface area (TPSA) is 63.0 Å². The van der Waals surface area contributed by atoms with Crippen LogP contribution in [0.5, 0.6) is 0 Å². The summed E-state index contributed by atoms with van der Waals surface area (Å²) < 4.78 is 5.60. The van der Waals surface area contributed by atoms with Gasteiger partial charge >= 0.3 is 6.01 Å². The zero-order valence-corrected chi connectivity index (χ0v) is 13.4. The zero-order chi connectivity index (χ0) is 15.5. The van der Waals surface area contributed by atoms with Gasteiger partial charge in [-0.05, 0) is 40.2 Å². The van der Waals surface area contributed by atoms with Crippen molar-refractivity contribution >= 4 is 6.01 Å². The van der Waals surface area contributed by atoms with Crippen LogP contribution in [0.3, 0.4) is 0 Å². The van der Waals surface area contributed by atoms with Gasteiger partial charge in [-0.15, -0.1) is 5.10 Å². The van der Waals surface area contributed by atoms with E-state index in [9.17, 15) is 0 Å². The van der Waals surface area contributed by atoms with E-state index in [1.54, 1.807) is 0 Å². The number of hydrogen-bond acceptors (Lipinski definition) is 5. The molecule has 0 aliphatic rings. The second-order valence-corrected chi connectivity index (χ2v) is 6.38. The molecule has 114 valence electrons. The minimum Gasteiger partial charge on any atom is -0.407 e. The third kappa shape index (κ3) is 4.86. The lowest BCUT2D eigenvalue weighted by Crippen LogP contribution is -2.35. The second-order valence-electron chi connectivity index (χ2n) is 6.38. The molecule has 1 aromatic heterocycles. The largest absolute Gasteiger partial charge is 0.407 e. The molecular formula is C16H24N4O. The Balaban J connectivity index is 1.94. The third-order valence-electron chi connectivity index (χ3n) is 3.15. The fourth-order valence-corrected chi connectivity index (χ4v) is 1.85. The van der Waals surface area contributed by atoms with Crippen LogP contribution < -0.4 is 10.6 Å². The monoisotopic (exact) mass is 288 g/mol. The number of benzene rings is 1. The van der Waals surface area contributed by atoms with Crippen molar-refractivity contribution in [2.75, 3.05) is 5.32 Å². The number of hydrogen-bond donors (Lipinski definition) is 2. The summed E-state index contributed by atoms with van der Waals surface area (Å²) in [6.07, 6.45) is 0. The number of aromatic nitrogens is 2. The van der Waals surface area contributed by atoms with Crippen molar-refractivity contribution in [1.82, 2.24) is 15.5 Å². The molecule has 0 aliphatic carbocycles. The predicted molar refractivity (Wildman–Crippen MR) is 84.1 cm³/mol. The fraction of sp³-hybridized carbons (Fsp3) is 0.500. The van der Waals surface area contributed by atoms with E-state index in [2.05, 4.69) is 79.7 Å². The van der Waals surface area contributed by atoms with Crippen molar-refractivity contribution in [3.8, 4) is 0 Å². The number of rotatable bonds is 5. The van der Waals surface area contributed by atoms with Crippen LogP contribution in [-0.4, -0.2) is 15.7 Å². The molecule has 0 aliphatic heterocycles. The van der Waals surface area contributed by atoms with Gasteiger partial charge in [0, 0.05) is 5.54 Å². The highest BCUT2D eigenvalue weighted by atomic mass is 16.4. The Labute approximate surface area is 126 Å². The molecule has 5 heteroatoms. The Bertz CT molecular complexity index is 569. The maximum atomic E-state index is 5.60. The van der Waals surface area contributed by atoms with E-state index in [1.165, 1.54) is 11.1 Å². The van der Waals surface area contributed by atoms with Crippen LogP contribution in [0.1, 0.15) is 50.8 Å². The normalized spacial score (nSPS) is 13.2. The van der Waals surface area contributed by atoms with Crippen molar-refractivity contribution < 1.29 is 4.42 Å². The van der Waals surface area contributed by atoms with Crippen molar-refractivity contribution in [2.24, 2.45) is 0 Å². The summed E-state index contributed by atoms with van der Waals surface area (Å²) in [5.74, 6) is 0.587. The van der Waals surface area contributed by atoms with E-state index in [0.717, 1.165) is 0 Å². The van der Waals surface area contributed by atoms with Crippen LogP contribution in [0, 0.1) is 6.92 Å². The number of anilines is 1. The summed E-state index contributed by atoms with van der Waals surface area (Å²) in [4.78, 5) is 0. The van der Waals surface area contributed by atoms with Crippen LogP contribution in [0.4, 0.5) is 6.01 Å². The summed E-state index contributed by atoms with van der Waals surface area (Å²) in [7, 11) is 0. The third-order valence-corrected chi connectivity index (χ3v) is 3.15. The molecule has 1 atom stereocenters. The number of nitrogens with one attached hydrogen (secondary N) is 2. The van der Waals surface area contributed by atoms with Gasteiger partial charge in [-0.2, -0.15) is 0 Å². The van der Waals surface area contributed by atoms with Gasteiger partial charge in [-0.25, -0.2) is 0 Å². The Hall–Kier alpha value is -1.88. The van der Waals surface area contributed by atoms with Gasteiger partial charge in [0.2, 0.25) is 5.89 Å². The summed E-state index contributed by atoms with van der Waals surface area (Å²) in [6.45, 7) is 11.0. The fourth-order valence-electron chi connectivity index (χ4n) is 1.85. The van der Waals surface area contributed by atoms with Crippen molar-refractivity contribution in [3.05, 3.63) is 41.3 Å². The van der Waals surface area contributed by atoms with Gasteiger partial charge < -0.3 is 15.1 Å². The maximum absolute atomic E-state index is 5.60. The van der Waals surface area contributed by atoms with E-state index in [-0.39, 0.29) is 11.6 Å². The van der Waals surface area contributed by atoms with Gasteiger partial charge in [0.05, 0.1) is 12.6 Å². The molecule has 0 spiro atoms. The van der Waals surface area contributed by atoms with Crippen molar-refractivity contribution in [1.29, 1.82) is 0 Å². The molecule has 0 saturated heterocycles. The lowest BCUT2D eigenvalue weighted by molar-refractivity contribution is 0.383. The van der Waals surface area contributed by atoms with E-state index in [0.29, 0.717) is 18.5 Å². The summed E-state index contributed by atoms with van der Waals surface area (Å²) >= 11 is 0. The van der Waals surface area contributed by atoms with Gasteiger partial charge in [0.1, 0.15) is 0 Å². The Morgan fingerprint density at radius 2 is 1.81 bits per heavy atom. The van der Waals surface area contributed by atoms with Gasteiger partial charge in [-0.1, -0.05) is 34.9 Å². The predicted octanol–water partition coefficient (Wildman–Crippen LogP) is 3.44. The zero-order valence-electron chi connectivity index (χ0n) is 13.4. The first-order valence-electron chi connectivity index (χ1n) is 7.24. The molecule has 2 N–H and O–H groups in total. The molecule has 0 bridgehead atoms. The molecular weight excluding hydrogens is 264 g/mol. The highest BCUT2D eigenvalue weighted by Gasteiger charge is 2.13. The second kappa shape index (κ2) is 6.26. The summed E-state index contributed by atoms with van der Waals surface area (Å²) in [6, 6.07) is 8.97. The molecule has 1 heterocycles. The molecule has 1 aromatic carbocycles. The highest BCUT2D eigenvalue weighted by Crippen LogP contribution is 2.18. The van der Waals surface area contributed by atoms with E-state index in [4.69, 9.17) is 4.42 Å². The van der Waals surface area contributed by atoms with Crippen LogP contribution in [-0.2, 0) is 6.54 Å². The molecule has 0 fully saturated rings. The lowest BCUT2D eigenvalue weighted by Gasteiger charge is -2.18. The van der Waals surface area contributed by atoms with E-state index in [1.807, 2.05) is 0 Å². The standard InChI is InChI=1S/C16H24N4O/c1-11-6-8-13(9-7-11)12(2)18-15-20-19-14(21-15)10-17-16(3,4)5/h6-9,12,17H,10H2,1-5H3,(H,18,20). The van der Waals surface area contributed by atoms with E-state index >= 15 is 0 Å². The summed E-state index contributed by atoms with van der Waals surface area (Å²) in [5.41, 5.74) is 2.46. The van der Waals surface area contributed by atoms with E-state index < -0.39 is 0 Å². The molecule has 0 saturated carbocycles. The first-order valence-corrected chi connectivity index (χ1v) is 7.24. The Kier molecular flexibility index (Phi) is 4.63. The first-order chi connectivity index (χ1) is 9.83. The quantitative estimate of drug-likeness (QED) is 0.882. The lowest BCUT2D eigenvalue weighted by atomic mass is 10.1. The van der Waals surface area contributed by atoms with Gasteiger partial charge in [-0.3, -0.25) is 0 Å². The van der Waals surface area contributed by atoms with Crippen LogP contribution in [0.25, 0.3) is 0 Å². The SMILES string of the molecule is Cc1ccc(C(C)Nc2nnc(CNC(C)(C)C)o2)cc1. The van der Waals surface area contributed by atoms with Crippen molar-refractivity contribution in [3.63, 3.8) is 0 Å². The van der Waals surface area contributed by atoms with Crippen LogP contribution >= 0.6 is 0 Å². The maximum Gasteiger partial charge on any atom is 0.315 e. The first kappa shape index (κ1) is 15.5. The molecule has 0 amide bonds. The van der Waals surface area contributed by atoms with Gasteiger partial charge in [0.25, 0.3) is 0 Å². The minimum absolute atomic E-state index is 0.0251. The summed E-state index contributed by atoms with van der Waals surface area (Å²) in [5, 5.41) is 14.6. The molecule has 1 unspecified atom stereocenters. The Morgan fingerprint density at radius 1 is 1.14 bits per heavy atom. The molecule has 2 aromatic rings. The Morgan fingerprint density at radius 3 is 2.43 bits per heavy atom. The minimum atomic E-state index is 0.0251. The molecule has 5 nitrogen and oxygen atoms in total. The molecule has 21 heavy (non-hydrogen) atoms.